The smallest absolute Gasteiger partial charge is 0.414 e. The molecular weight excluding hydrogens is 342 g/mol. The van der Waals surface area contributed by atoms with E-state index in [4.69, 9.17) is 20.6 Å². The van der Waals surface area contributed by atoms with Crippen molar-refractivity contribution in [2.45, 2.75) is 32.3 Å². The number of ether oxygens (including phenoxy) is 2. The normalized spacial score (nSPS) is 16.9. The number of amidine groups is 1. The van der Waals surface area contributed by atoms with Gasteiger partial charge < -0.3 is 15.2 Å². The Hall–Kier alpha value is -3.02. The number of hydrogen-bond donors (Lipinski definition) is 2. The predicted molar refractivity (Wildman–Crippen MR) is 106 cm³/mol. The van der Waals surface area contributed by atoms with E-state index in [-0.39, 0.29) is 17.4 Å². The molecule has 2 aromatic carbocycles. The van der Waals surface area contributed by atoms with Gasteiger partial charge in [0.05, 0.1) is 6.54 Å². The summed E-state index contributed by atoms with van der Waals surface area (Å²) in [5, 5.41) is 7.43. The van der Waals surface area contributed by atoms with Crippen molar-refractivity contribution >= 4 is 17.6 Å². The predicted octanol–water partition coefficient (Wildman–Crippen LogP) is 3.67. The zero-order chi connectivity index (χ0) is 19.6. The van der Waals surface area contributed by atoms with Gasteiger partial charge in [0.15, 0.2) is 6.10 Å². The summed E-state index contributed by atoms with van der Waals surface area (Å²) in [4.78, 5) is 13.7. The first kappa shape index (κ1) is 18.8. The average Bonchev–Trinajstić information content (AvgIpc) is 3.00. The van der Waals surface area contributed by atoms with Crippen LogP contribution in [0.3, 0.4) is 0 Å². The van der Waals surface area contributed by atoms with Crippen LogP contribution >= 0.6 is 0 Å². The third kappa shape index (κ3) is 4.39. The molecular formula is C21H25N3O3. The third-order valence-electron chi connectivity index (χ3n) is 4.52. The second kappa shape index (κ2) is 7.31. The standard InChI is InChI=1S/C21H25N3O3/c1-21(2,3)15-6-10-17(11-7-15)26-13-18-12-24(20(25)27-18)16-8-4-14(5-9-16)19(22)23/h4-11,18H,12-13H2,1-3H3,(H3,22,23). The first-order valence-electron chi connectivity index (χ1n) is 8.90. The molecule has 0 aliphatic carbocycles. The van der Waals surface area contributed by atoms with Gasteiger partial charge in [-0.1, -0.05) is 32.9 Å². The van der Waals surface area contributed by atoms with E-state index in [1.165, 1.54) is 5.56 Å². The fourth-order valence-electron chi connectivity index (χ4n) is 2.88. The summed E-state index contributed by atoms with van der Waals surface area (Å²) < 4.78 is 11.2. The first-order chi connectivity index (χ1) is 12.7. The Bertz CT molecular complexity index is 823. The Morgan fingerprint density at radius 2 is 1.81 bits per heavy atom. The first-order valence-corrected chi connectivity index (χ1v) is 8.90. The fraction of sp³-hybridized carbons (Fsp3) is 0.333. The molecule has 3 rings (SSSR count). The number of nitrogens with zero attached hydrogens (tertiary/aromatic N) is 1. The van der Waals surface area contributed by atoms with Crippen molar-refractivity contribution in [3.63, 3.8) is 0 Å². The molecule has 1 saturated heterocycles. The molecule has 1 amide bonds. The van der Waals surface area contributed by atoms with Gasteiger partial charge in [0.1, 0.15) is 18.2 Å². The minimum atomic E-state index is -0.401. The van der Waals surface area contributed by atoms with Crippen LogP contribution in [-0.2, 0) is 10.2 Å². The minimum Gasteiger partial charge on any atom is -0.490 e. The van der Waals surface area contributed by atoms with Gasteiger partial charge in [-0.3, -0.25) is 10.3 Å². The second-order valence-electron chi connectivity index (χ2n) is 7.66. The summed E-state index contributed by atoms with van der Waals surface area (Å²) in [5.41, 5.74) is 8.12. The average molecular weight is 367 g/mol. The van der Waals surface area contributed by atoms with Crippen LogP contribution in [-0.4, -0.2) is 31.2 Å². The van der Waals surface area contributed by atoms with E-state index in [1.54, 1.807) is 29.2 Å². The molecule has 0 bridgehead atoms. The third-order valence-corrected chi connectivity index (χ3v) is 4.52. The molecule has 1 aliphatic rings. The highest BCUT2D eigenvalue weighted by atomic mass is 16.6. The molecule has 6 nitrogen and oxygen atoms in total. The summed E-state index contributed by atoms with van der Waals surface area (Å²) in [6.07, 6.45) is -0.741. The number of hydrogen-bond acceptors (Lipinski definition) is 4. The molecule has 0 spiro atoms. The molecule has 0 saturated carbocycles. The van der Waals surface area contributed by atoms with Crippen LogP contribution < -0.4 is 15.4 Å². The zero-order valence-electron chi connectivity index (χ0n) is 15.9. The lowest BCUT2D eigenvalue weighted by Gasteiger charge is -2.19. The quantitative estimate of drug-likeness (QED) is 0.623. The molecule has 1 atom stereocenters. The fourth-order valence-corrected chi connectivity index (χ4v) is 2.88. The molecule has 0 radical (unpaired) electrons. The Labute approximate surface area is 159 Å². The summed E-state index contributed by atoms with van der Waals surface area (Å²) in [6, 6.07) is 14.9. The maximum absolute atomic E-state index is 12.2. The van der Waals surface area contributed by atoms with E-state index >= 15 is 0 Å². The van der Waals surface area contributed by atoms with Crippen molar-refractivity contribution in [2.75, 3.05) is 18.1 Å². The molecule has 2 aromatic rings. The van der Waals surface area contributed by atoms with Gasteiger partial charge in [-0.05, 0) is 47.4 Å². The zero-order valence-corrected chi connectivity index (χ0v) is 15.9. The van der Waals surface area contributed by atoms with Crippen LogP contribution in [0.25, 0.3) is 0 Å². The highest BCUT2D eigenvalue weighted by molar-refractivity contribution is 5.96. The molecule has 6 heteroatoms. The van der Waals surface area contributed by atoms with Crippen LogP contribution in [0.4, 0.5) is 10.5 Å². The van der Waals surface area contributed by atoms with Crippen LogP contribution in [0.5, 0.6) is 5.75 Å². The summed E-state index contributed by atoms with van der Waals surface area (Å²) in [7, 11) is 0. The number of carbonyl (C=O) groups is 1. The SMILES string of the molecule is CC(C)(C)c1ccc(OCC2CN(c3ccc(C(=N)N)cc3)C(=O)O2)cc1. The van der Waals surface area contributed by atoms with Gasteiger partial charge >= 0.3 is 6.09 Å². The number of benzene rings is 2. The van der Waals surface area contributed by atoms with Crippen molar-refractivity contribution in [1.82, 2.24) is 0 Å². The number of carbonyl (C=O) groups excluding carboxylic acids is 1. The number of amides is 1. The second-order valence-corrected chi connectivity index (χ2v) is 7.66. The van der Waals surface area contributed by atoms with Crippen LogP contribution in [0, 0.1) is 5.41 Å². The summed E-state index contributed by atoms with van der Waals surface area (Å²) >= 11 is 0. The molecule has 0 aromatic heterocycles. The van der Waals surface area contributed by atoms with Crippen molar-refractivity contribution in [2.24, 2.45) is 5.73 Å². The minimum absolute atomic E-state index is 0.00527. The molecule has 27 heavy (non-hydrogen) atoms. The van der Waals surface area contributed by atoms with Crippen molar-refractivity contribution in [3.05, 3.63) is 59.7 Å². The molecule has 1 fully saturated rings. The maximum atomic E-state index is 12.2. The summed E-state index contributed by atoms with van der Waals surface area (Å²) in [6.45, 7) is 7.20. The number of rotatable bonds is 5. The van der Waals surface area contributed by atoms with E-state index in [1.807, 2.05) is 12.1 Å². The molecule has 3 N–H and O–H groups in total. The Kier molecular flexibility index (Phi) is 5.08. The van der Waals surface area contributed by atoms with E-state index in [0.717, 1.165) is 5.75 Å². The highest BCUT2D eigenvalue weighted by Gasteiger charge is 2.32. The maximum Gasteiger partial charge on any atom is 0.414 e. The Morgan fingerprint density at radius 3 is 2.37 bits per heavy atom. The number of nitrogens with two attached hydrogens (primary N) is 1. The number of nitrogen functional groups attached to an aromatic ring is 1. The largest absolute Gasteiger partial charge is 0.490 e. The van der Waals surface area contributed by atoms with Gasteiger partial charge in [-0.25, -0.2) is 4.79 Å². The van der Waals surface area contributed by atoms with Gasteiger partial charge in [0, 0.05) is 11.3 Å². The van der Waals surface area contributed by atoms with E-state index in [0.29, 0.717) is 24.4 Å². The summed E-state index contributed by atoms with van der Waals surface area (Å²) in [5.74, 6) is 0.748. The van der Waals surface area contributed by atoms with Crippen molar-refractivity contribution < 1.29 is 14.3 Å². The Morgan fingerprint density at radius 1 is 1.19 bits per heavy atom. The van der Waals surface area contributed by atoms with E-state index in [2.05, 4.69) is 32.9 Å². The van der Waals surface area contributed by atoms with E-state index in [9.17, 15) is 4.79 Å². The van der Waals surface area contributed by atoms with Crippen LogP contribution in [0.15, 0.2) is 48.5 Å². The van der Waals surface area contributed by atoms with Crippen molar-refractivity contribution in [3.8, 4) is 5.75 Å². The van der Waals surface area contributed by atoms with Crippen molar-refractivity contribution in [1.29, 1.82) is 5.41 Å². The van der Waals surface area contributed by atoms with E-state index < -0.39 is 6.09 Å². The van der Waals surface area contributed by atoms with Gasteiger partial charge in [-0.15, -0.1) is 0 Å². The highest BCUT2D eigenvalue weighted by Crippen LogP contribution is 2.25. The monoisotopic (exact) mass is 367 g/mol. The topological polar surface area (TPSA) is 88.6 Å². The lowest BCUT2D eigenvalue weighted by atomic mass is 9.87. The number of nitrogens with one attached hydrogen (secondary N) is 1. The van der Waals surface area contributed by atoms with Gasteiger partial charge in [0.2, 0.25) is 0 Å². The van der Waals surface area contributed by atoms with Gasteiger partial charge in [-0.2, -0.15) is 0 Å². The Balaban J connectivity index is 1.58. The molecule has 1 unspecified atom stereocenters. The van der Waals surface area contributed by atoms with Gasteiger partial charge in [0.25, 0.3) is 0 Å². The molecule has 1 heterocycles. The molecule has 1 aliphatic heterocycles. The number of anilines is 1. The van der Waals surface area contributed by atoms with Crippen LogP contribution in [0.1, 0.15) is 31.9 Å². The molecule has 142 valence electrons. The number of cyclic esters (lactones) is 1. The lowest BCUT2D eigenvalue weighted by Crippen LogP contribution is -2.26. The lowest BCUT2D eigenvalue weighted by molar-refractivity contribution is 0.105. The van der Waals surface area contributed by atoms with Crippen LogP contribution in [0.2, 0.25) is 0 Å².